The van der Waals surface area contributed by atoms with Crippen molar-refractivity contribution < 1.29 is 4.74 Å². The van der Waals surface area contributed by atoms with Gasteiger partial charge in [0.05, 0.1) is 6.61 Å². The topological polar surface area (TPSA) is 35.2 Å². The van der Waals surface area contributed by atoms with E-state index in [1.165, 1.54) is 47.7 Å². The summed E-state index contributed by atoms with van der Waals surface area (Å²) in [5, 5.41) is 0. The van der Waals surface area contributed by atoms with Gasteiger partial charge in [0.25, 0.3) is 0 Å². The Morgan fingerprint density at radius 3 is 2.65 bits per heavy atom. The summed E-state index contributed by atoms with van der Waals surface area (Å²) in [6.07, 6.45) is 7.60. The molecule has 0 amide bonds. The molecule has 3 rings (SSSR count). The van der Waals surface area contributed by atoms with Crippen molar-refractivity contribution in [2.45, 2.75) is 49.9 Å². The summed E-state index contributed by atoms with van der Waals surface area (Å²) in [4.78, 5) is 0. The van der Waals surface area contributed by atoms with Crippen LogP contribution in [0.5, 0.6) is 0 Å². The van der Waals surface area contributed by atoms with Gasteiger partial charge in [-0.1, -0.05) is 47.3 Å². The Labute approximate surface area is 130 Å². The molecule has 1 aliphatic heterocycles. The molecule has 1 saturated heterocycles. The Bertz CT molecular complexity index is 462. The Kier molecular flexibility index (Phi) is 4.49. The molecular weight excluding hydrogens is 314 g/mol. The monoisotopic (exact) mass is 337 g/mol. The lowest BCUT2D eigenvalue weighted by Gasteiger charge is -2.37. The van der Waals surface area contributed by atoms with E-state index >= 15 is 0 Å². The summed E-state index contributed by atoms with van der Waals surface area (Å²) in [5.74, 6) is 0.554. The average molecular weight is 338 g/mol. The Morgan fingerprint density at radius 2 is 2.05 bits per heavy atom. The third-order valence-corrected chi connectivity index (χ3v) is 5.87. The number of benzene rings is 1. The third kappa shape index (κ3) is 2.68. The van der Waals surface area contributed by atoms with E-state index < -0.39 is 0 Å². The molecule has 2 fully saturated rings. The van der Waals surface area contributed by atoms with E-state index in [1.54, 1.807) is 0 Å². The maximum atomic E-state index is 6.15. The van der Waals surface area contributed by atoms with Crippen LogP contribution in [-0.2, 0) is 10.2 Å². The average Bonchev–Trinajstić information content (AvgIpc) is 3.02. The lowest BCUT2D eigenvalue weighted by molar-refractivity contribution is 0.194. The number of halogens is 1. The van der Waals surface area contributed by atoms with Crippen LogP contribution in [0, 0.1) is 0 Å². The van der Waals surface area contributed by atoms with Gasteiger partial charge in [-0.05, 0) is 36.5 Å². The van der Waals surface area contributed by atoms with Gasteiger partial charge >= 0.3 is 0 Å². The molecule has 2 N–H and O–H groups in total. The summed E-state index contributed by atoms with van der Waals surface area (Å²) in [6.45, 7) is 2.52. The summed E-state index contributed by atoms with van der Waals surface area (Å²) >= 11 is 3.78. The molecule has 0 radical (unpaired) electrons. The summed E-state index contributed by atoms with van der Waals surface area (Å²) in [7, 11) is 0. The highest BCUT2D eigenvalue weighted by Gasteiger charge is 2.33. The molecule has 0 spiro atoms. The van der Waals surface area contributed by atoms with E-state index in [0.717, 1.165) is 26.2 Å². The number of nitrogens with two attached hydrogens (primary N) is 1. The van der Waals surface area contributed by atoms with Crippen molar-refractivity contribution in [1.29, 1.82) is 0 Å². The first-order valence-electron chi connectivity index (χ1n) is 7.83. The maximum absolute atomic E-state index is 6.15. The first-order chi connectivity index (χ1) is 9.75. The van der Waals surface area contributed by atoms with E-state index in [1.807, 2.05) is 0 Å². The van der Waals surface area contributed by atoms with Crippen LogP contribution >= 0.6 is 15.9 Å². The molecule has 2 aliphatic rings. The second kappa shape index (κ2) is 6.17. The van der Waals surface area contributed by atoms with Gasteiger partial charge in [-0.2, -0.15) is 0 Å². The van der Waals surface area contributed by atoms with Gasteiger partial charge < -0.3 is 10.5 Å². The molecule has 3 heteroatoms. The smallest absolute Gasteiger partial charge is 0.0535 e. The zero-order valence-electron chi connectivity index (χ0n) is 12.0. The summed E-state index contributed by atoms with van der Waals surface area (Å²) in [5.41, 5.74) is 9.18. The van der Waals surface area contributed by atoms with E-state index in [0.29, 0.717) is 5.92 Å². The van der Waals surface area contributed by atoms with Crippen LogP contribution in [0.25, 0.3) is 0 Å². The number of hydrogen-bond acceptors (Lipinski definition) is 2. The molecule has 110 valence electrons. The highest BCUT2D eigenvalue weighted by Crippen LogP contribution is 2.41. The third-order valence-electron chi connectivity index (χ3n) is 5.18. The van der Waals surface area contributed by atoms with Crippen LogP contribution in [0.2, 0.25) is 0 Å². The second-order valence-corrected chi connectivity index (χ2v) is 7.20. The van der Waals surface area contributed by atoms with E-state index in [9.17, 15) is 0 Å². The van der Waals surface area contributed by atoms with Crippen LogP contribution in [0.1, 0.15) is 55.6 Å². The van der Waals surface area contributed by atoms with Crippen molar-refractivity contribution in [3.8, 4) is 0 Å². The molecule has 1 aromatic rings. The zero-order chi connectivity index (χ0) is 14.0. The van der Waals surface area contributed by atoms with Gasteiger partial charge in [0, 0.05) is 29.0 Å². The first kappa shape index (κ1) is 14.6. The molecule has 1 heterocycles. The number of ether oxygens (including phenoxy) is 1. The van der Waals surface area contributed by atoms with Crippen molar-refractivity contribution in [3.63, 3.8) is 0 Å². The second-order valence-electron chi connectivity index (χ2n) is 6.34. The minimum Gasteiger partial charge on any atom is -0.381 e. The van der Waals surface area contributed by atoms with Crippen molar-refractivity contribution in [2.75, 3.05) is 19.8 Å². The fourth-order valence-corrected chi connectivity index (χ4v) is 4.51. The molecule has 0 aromatic heterocycles. The quantitative estimate of drug-likeness (QED) is 0.900. The van der Waals surface area contributed by atoms with Crippen LogP contribution in [0.3, 0.4) is 0 Å². The standard InChI is InChI=1S/C17H24BrNO/c18-16-10-14(17(12-19)7-2-1-3-8-17)4-5-15(16)13-6-9-20-11-13/h4-5,10,13H,1-3,6-9,11-12,19H2. The van der Waals surface area contributed by atoms with Crippen molar-refractivity contribution in [1.82, 2.24) is 0 Å². The predicted octanol–water partition coefficient (Wildman–Crippen LogP) is 4.11. The van der Waals surface area contributed by atoms with Crippen LogP contribution < -0.4 is 5.73 Å². The van der Waals surface area contributed by atoms with Crippen molar-refractivity contribution >= 4 is 15.9 Å². The molecule has 2 nitrogen and oxygen atoms in total. The minimum absolute atomic E-state index is 0.214. The molecule has 20 heavy (non-hydrogen) atoms. The van der Waals surface area contributed by atoms with Gasteiger partial charge in [-0.25, -0.2) is 0 Å². The largest absolute Gasteiger partial charge is 0.381 e. The molecule has 0 bridgehead atoms. The lowest BCUT2D eigenvalue weighted by atomic mass is 9.69. The summed E-state index contributed by atoms with van der Waals surface area (Å²) in [6, 6.07) is 6.94. The molecule has 1 atom stereocenters. The van der Waals surface area contributed by atoms with E-state index in [-0.39, 0.29) is 5.41 Å². The fourth-order valence-electron chi connectivity index (χ4n) is 3.81. The van der Waals surface area contributed by atoms with Gasteiger partial charge in [-0.3, -0.25) is 0 Å². The Balaban J connectivity index is 1.88. The fraction of sp³-hybridized carbons (Fsp3) is 0.647. The Hall–Kier alpha value is -0.380. The van der Waals surface area contributed by atoms with Gasteiger partial charge in [0.1, 0.15) is 0 Å². The zero-order valence-corrected chi connectivity index (χ0v) is 13.6. The highest BCUT2D eigenvalue weighted by atomic mass is 79.9. The van der Waals surface area contributed by atoms with E-state index in [4.69, 9.17) is 10.5 Å². The molecular formula is C17H24BrNO. The van der Waals surface area contributed by atoms with Crippen LogP contribution in [0.15, 0.2) is 22.7 Å². The van der Waals surface area contributed by atoms with Gasteiger partial charge in [-0.15, -0.1) is 0 Å². The Morgan fingerprint density at radius 1 is 1.25 bits per heavy atom. The molecule has 1 aromatic carbocycles. The lowest BCUT2D eigenvalue weighted by Crippen LogP contribution is -2.37. The van der Waals surface area contributed by atoms with Crippen molar-refractivity contribution in [2.24, 2.45) is 5.73 Å². The SMILES string of the molecule is NCC1(c2ccc(C3CCOC3)c(Br)c2)CCCCC1. The minimum atomic E-state index is 0.214. The van der Waals surface area contributed by atoms with Gasteiger partial charge in [0.15, 0.2) is 0 Å². The van der Waals surface area contributed by atoms with E-state index in [2.05, 4.69) is 34.1 Å². The number of rotatable bonds is 3. The molecule has 1 aliphatic carbocycles. The highest BCUT2D eigenvalue weighted by molar-refractivity contribution is 9.10. The number of hydrogen-bond donors (Lipinski definition) is 1. The first-order valence-corrected chi connectivity index (χ1v) is 8.62. The van der Waals surface area contributed by atoms with Crippen molar-refractivity contribution in [3.05, 3.63) is 33.8 Å². The summed E-state index contributed by atoms with van der Waals surface area (Å²) < 4.78 is 6.75. The normalized spacial score (nSPS) is 25.8. The predicted molar refractivity (Wildman–Crippen MR) is 86.1 cm³/mol. The molecule has 1 saturated carbocycles. The molecule has 1 unspecified atom stereocenters. The van der Waals surface area contributed by atoms with Crippen LogP contribution in [-0.4, -0.2) is 19.8 Å². The van der Waals surface area contributed by atoms with Crippen LogP contribution in [0.4, 0.5) is 0 Å². The van der Waals surface area contributed by atoms with Gasteiger partial charge in [0.2, 0.25) is 0 Å². The maximum Gasteiger partial charge on any atom is 0.0535 e.